The molecule has 1 rings (SSSR count). The first-order chi connectivity index (χ1) is 8.43. The molecular weight excluding hydrogens is 226 g/mol. The highest BCUT2D eigenvalue weighted by atomic mass is 16.6. The van der Waals surface area contributed by atoms with Crippen molar-refractivity contribution >= 4 is 0 Å². The first kappa shape index (κ1) is 14.8. The first-order valence-corrected chi connectivity index (χ1v) is 6.06. The Balaban J connectivity index is 2.16. The van der Waals surface area contributed by atoms with Gasteiger partial charge < -0.3 is 29.4 Å². The third-order valence-corrected chi connectivity index (χ3v) is 2.26. The Morgan fingerprint density at radius 3 is 1.71 bits per heavy atom. The molecule has 0 amide bonds. The van der Waals surface area contributed by atoms with E-state index in [4.69, 9.17) is 29.4 Å². The molecule has 0 saturated carbocycles. The maximum atomic E-state index is 5.57. The Morgan fingerprint density at radius 1 is 0.706 bits per heavy atom. The molecule has 0 aromatic rings. The van der Waals surface area contributed by atoms with Crippen molar-refractivity contribution in [3.8, 4) is 0 Å². The molecule has 1 unspecified atom stereocenters. The monoisotopic (exact) mass is 249 g/mol. The van der Waals surface area contributed by atoms with Crippen LogP contribution in [0, 0.1) is 0 Å². The van der Waals surface area contributed by atoms with E-state index in [0.29, 0.717) is 66.0 Å². The van der Waals surface area contributed by atoms with Gasteiger partial charge in [0.05, 0.1) is 65.6 Å². The summed E-state index contributed by atoms with van der Waals surface area (Å²) in [7, 11) is 0. The number of hydrogen-bond donors (Lipinski definition) is 1. The fourth-order valence-corrected chi connectivity index (χ4v) is 1.33. The van der Waals surface area contributed by atoms with Crippen LogP contribution in [0.5, 0.6) is 0 Å². The van der Waals surface area contributed by atoms with E-state index in [0.717, 1.165) is 0 Å². The van der Waals surface area contributed by atoms with Gasteiger partial charge in [-0.25, -0.2) is 0 Å². The highest BCUT2D eigenvalue weighted by Gasteiger charge is 2.07. The average molecular weight is 249 g/mol. The molecule has 0 radical (unpaired) electrons. The largest absolute Gasteiger partial charge is 0.377 e. The van der Waals surface area contributed by atoms with Gasteiger partial charge in [-0.1, -0.05) is 0 Å². The van der Waals surface area contributed by atoms with Crippen LogP contribution in [0.4, 0.5) is 0 Å². The van der Waals surface area contributed by atoms with Crippen molar-refractivity contribution in [3.05, 3.63) is 0 Å². The van der Waals surface area contributed by atoms with Crippen LogP contribution in [-0.2, 0) is 23.7 Å². The van der Waals surface area contributed by atoms with Gasteiger partial charge in [-0.3, -0.25) is 0 Å². The molecular formula is C11H23NO5. The lowest BCUT2D eigenvalue weighted by Gasteiger charge is -2.16. The lowest BCUT2D eigenvalue weighted by atomic mass is 10.4. The molecule has 1 aliphatic rings. The standard InChI is InChI=1S/C11H23NO5/c12-9-11-10-16-6-5-14-2-1-13-3-4-15-7-8-17-11/h11H,1-10,12H2. The molecule has 0 aliphatic carbocycles. The van der Waals surface area contributed by atoms with Crippen LogP contribution < -0.4 is 5.73 Å². The molecule has 1 atom stereocenters. The van der Waals surface area contributed by atoms with Crippen molar-refractivity contribution in [2.24, 2.45) is 5.73 Å². The second-order valence-corrected chi connectivity index (χ2v) is 3.64. The Labute approximate surface area is 102 Å². The predicted octanol–water partition coefficient (Wildman–Crippen LogP) is -0.590. The normalized spacial score (nSPS) is 27.0. The second-order valence-electron chi connectivity index (χ2n) is 3.64. The Kier molecular flexibility index (Phi) is 9.49. The summed E-state index contributed by atoms with van der Waals surface area (Å²) < 4.78 is 26.9. The van der Waals surface area contributed by atoms with E-state index >= 15 is 0 Å². The van der Waals surface area contributed by atoms with Crippen LogP contribution in [-0.4, -0.2) is 72.1 Å². The van der Waals surface area contributed by atoms with Crippen molar-refractivity contribution in [2.75, 3.05) is 66.0 Å². The molecule has 1 saturated heterocycles. The van der Waals surface area contributed by atoms with E-state index in [-0.39, 0.29) is 6.10 Å². The minimum absolute atomic E-state index is 0.0695. The van der Waals surface area contributed by atoms with E-state index < -0.39 is 0 Å². The summed E-state index contributed by atoms with van der Waals surface area (Å²) in [6.07, 6.45) is -0.0695. The summed E-state index contributed by atoms with van der Waals surface area (Å²) in [6, 6.07) is 0. The molecule has 0 aromatic carbocycles. The maximum absolute atomic E-state index is 5.57. The minimum atomic E-state index is -0.0695. The summed E-state index contributed by atoms with van der Waals surface area (Å²) in [4.78, 5) is 0. The van der Waals surface area contributed by atoms with Crippen LogP contribution in [0.1, 0.15) is 0 Å². The van der Waals surface area contributed by atoms with Gasteiger partial charge in [0.15, 0.2) is 0 Å². The molecule has 6 heteroatoms. The Morgan fingerprint density at radius 2 is 1.18 bits per heavy atom. The second kappa shape index (κ2) is 10.9. The van der Waals surface area contributed by atoms with E-state index in [1.54, 1.807) is 0 Å². The minimum Gasteiger partial charge on any atom is -0.377 e. The Hall–Kier alpha value is -0.240. The zero-order chi connectivity index (χ0) is 12.2. The molecule has 1 aliphatic heterocycles. The smallest absolute Gasteiger partial charge is 0.0931 e. The number of nitrogens with two attached hydrogens (primary N) is 1. The zero-order valence-electron chi connectivity index (χ0n) is 10.3. The van der Waals surface area contributed by atoms with Crippen molar-refractivity contribution in [1.82, 2.24) is 0 Å². The summed E-state index contributed by atoms with van der Waals surface area (Å²) in [5.74, 6) is 0. The van der Waals surface area contributed by atoms with E-state index in [2.05, 4.69) is 0 Å². The van der Waals surface area contributed by atoms with Crippen LogP contribution in [0.2, 0.25) is 0 Å². The van der Waals surface area contributed by atoms with Crippen molar-refractivity contribution in [3.63, 3.8) is 0 Å². The maximum Gasteiger partial charge on any atom is 0.0931 e. The molecule has 1 fully saturated rings. The summed E-state index contributed by atoms with van der Waals surface area (Å²) in [5.41, 5.74) is 5.57. The summed E-state index contributed by atoms with van der Waals surface area (Å²) in [6.45, 7) is 5.48. The van der Waals surface area contributed by atoms with Crippen molar-refractivity contribution < 1.29 is 23.7 Å². The van der Waals surface area contributed by atoms with Gasteiger partial charge in [-0.2, -0.15) is 0 Å². The van der Waals surface area contributed by atoms with Gasteiger partial charge in [-0.05, 0) is 0 Å². The molecule has 2 N–H and O–H groups in total. The number of rotatable bonds is 1. The van der Waals surface area contributed by atoms with Gasteiger partial charge in [0.25, 0.3) is 0 Å². The lowest BCUT2D eigenvalue weighted by Crippen LogP contribution is -2.30. The lowest BCUT2D eigenvalue weighted by molar-refractivity contribution is -0.0415. The molecule has 0 bridgehead atoms. The van der Waals surface area contributed by atoms with E-state index in [1.165, 1.54) is 0 Å². The quantitative estimate of drug-likeness (QED) is 0.670. The number of ether oxygens (including phenoxy) is 5. The predicted molar refractivity (Wildman–Crippen MR) is 62.1 cm³/mol. The van der Waals surface area contributed by atoms with Gasteiger partial charge in [0, 0.05) is 6.54 Å². The SMILES string of the molecule is NCC1COCCOCCOCCOCCO1. The van der Waals surface area contributed by atoms with Gasteiger partial charge in [0.2, 0.25) is 0 Å². The first-order valence-electron chi connectivity index (χ1n) is 6.06. The van der Waals surface area contributed by atoms with Crippen LogP contribution in [0.15, 0.2) is 0 Å². The molecule has 0 spiro atoms. The Bertz CT molecular complexity index is 154. The van der Waals surface area contributed by atoms with Crippen LogP contribution in [0.25, 0.3) is 0 Å². The average Bonchev–Trinajstić information content (AvgIpc) is 2.36. The van der Waals surface area contributed by atoms with Gasteiger partial charge >= 0.3 is 0 Å². The fourth-order valence-electron chi connectivity index (χ4n) is 1.33. The van der Waals surface area contributed by atoms with Crippen LogP contribution in [0.3, 0.4) is 0 Å². The molecule has 0 aromatic heterocycles. The van der Waals surface area contributed by atoms with Crippen LogP contribution >= 0.6 is 0 Å². The molecule has 1 heterocycles. The van der Waals surface area contributed by atoms with Crippen molar-refractivity contribution in [1.29, 1.82) is 0 Å². The number of hydrogen-bond acceptors (Lipinski definition) is 6. The van der Waals surface area contributed by atoms with Crippen molar-refractivity contribution in [2.45, 2.75) is 6.10 Å². The fraction of sp³-hybridized carbons (Fsp3) is 1.00. The zero-order valence-corrected chi connectivity index (χ0v) is 10.3. The molecule has 6 nitrogen and oxygen atoms in total. The van der Waals surface area contributed by atoms with Gasteiger partial charge in [-0.15, -0.1) is 0 Å². The third-order valence-electron chi connectivity index (χ3n) is 2.26. The molecule has 17 heavy (non-hydrogen) atoms. The third kappa shape index (κ3) is 8.48. The topological polar surface area (TPSA) is 72.2 Å². The molecule has 102 valence electrons. The van der Waals surface area contributed by atoms with Gasteiger partial charge in [0.1, 0.15) is 0 Å². The van der Waals surface area contributed by atoms with E-state index in [1.807, 2.05) is 0 Å². The summed E-state index contributed by atoms with van der Waals surface area (Å²) >= 11 is 0. The highest BCUT2D eigenvalue weighted by Crippen LogP contribution is 1.93. The van der Waals surface area contributed by atoms with E-state index in [9.17, 15) is 0 Å². The highest BCUT2D eigenvalue weighted by molar-refractivity contribution is 4.57. The summed E-state index contributed by atoms with van der Waals surface area (Å²) in [5, 5.41) is 0.